The van der Waals surface area contributed by atoms with E-state index in [2.05, 4.69) is 5.32 Å². The van der Waals surface area contributed by atoms with Gasteiger partial charge in [-0.1, -0.05) is 29.8 Å². The van der Waals surface area contributed by atoms with E-state index in [1.54, 1.807) is 42.5 Å². The number of amides is 1. The van der Waals surface area contributed by atoms with Gasteiger partial charge in [0.05, 0.1) is 5.52 Å². The molecule has 116 valence electrons. The average Bonchev–Trinajstić information content (AvgIpc) is 2.55. The van der Waals surface area contributed by atoms with Crippen LogP contribution < -0.4 is 10.9 Å². The number of para-hydroxylation sites is 1. The number of nitrogens with one attached hydrogen (secondary N) is 1. The van der Waals surface area contributed by atoms with Gasteiger partial charge in [0.25, 0.3) is 11.5 Å². The van der Waals surface area contributed by atoms with Gasteiger partial charge in [0.1, 0.15) is 11.3 Å². The lowest BCUT2D eigenvalue weighted by Gasteiger charge is -2.14. The number of pyridine rings is 1. The first-order valence-corrected chi connectivity index (χ1v) is 7.27. The summed E-state index contributed by atoms with van der Waals surface area (Å²) < 4.78 is 1.37. The van der Waals surface area contributed by atoms with Gasteiger partial charge in [0.2, 0.25) is 0 Å². The first-order valence-electron chi connectivity index (χ1n) is 6.89. The van der Waals surface area contributed by atoms with Gasteiger partial charge in [-0.2, -0.15) is 0 Å². The number of aromatic hydroxyl groups is 1. The molecule has 0 atom stereocenters. The van der Waals surface area contributed by atoms with Crippen molar-refractivity contribution in [2.24, 2.45) is 0 Å². The first-order chi connectivity index (χ1) is 11.0. The van der Waals surface area contributed by atoms with Crippen LogP contribution in [0.3, 0.4) is 0 Å². The van der Waals surface area contributed by atoms with Crippen LogP contribution in [-0.4, -0.2) is 22.6 Å². The number of halogens is 1. The third kappa shape index (κ3) is 2.45. The quantitative estimate of drug-likeness (QED) is 0.759. The van der Waals surface area contributed by atoms with Gasteiger partial charge in [0.15, 0.2) is 0 Å². The molecule has 5 nitrogen and oxygen atoms in total. The molecule has 0 fully saturated rings. The van der Waals surface area contributed by atoms with Crippen molar-refractivity contribution in [1.82, 2.24) is 9.88 Å². The van der Waals surface area contributed by atoms with Crippen molar-refractivity contribution in [2.45, 2.75) is 0 Å². The third-order valence-electron chi connectivity index (χ3n) is 3.58. The highest BCUT2D eigenvalue weighted by atomic mass is 35.5. The lowest BCUT2D eigenvalue weighted by atomic mass is 10.1. The highest BCUT2D eigenvalue weighted by molar-refractivity contribution is 6.31. The van der Waals surface area contributed by atoms with Gasteiger partial charge in [-0.05, 0) is 30.3 Å². The number of hydrogen-bond acceptors (Lipinski definition) is 3. The number of rotatable bonds is 2. The summed E-state index contributed by atoms with van der Waals surface area (Å²) in [4.78, 5) is 24.9. The minimum absolute atomic E-state index is 0.300. The zero-order chi connectivity index (χ0) is 16.6. The van der Waals surface area contributed by atoms with Crippen LogP contribution in [0.5, 0.6) is 5.75 Å². The van der Waals surface area contributed by atoms with E-state index in [9.17, 15) is 14.7 Å². The van der Waals surface area contributed by atoms with Crippen molar-refractivity contribution in [2.75, 3.05) is 7.05 Å². The zero-order valence-electron chi connectivity index (χ0n) is 12.2. The lowest BCUT2D eigenvalue weighted by molar-refractivity contribution is 0.0959. The molecule has 2 N–H and O–H groups in total. The molecule has 0 saturated heterocycles. The molecule has 0 radical (unpaired) electrons. The Morgan fingerprint density at radius 2 is 1.87 bits per heavy atom. The van der Waals surface area contributed by atoms with Crippen LogP contribution in [0.25, 0.3) is 16.6 Å². The Morgan fingerprint density at radius 1 is 1.17 bits per heavy atom. The number of aromatic nitrogens is 1. The molecule has 0 aliphatic carbocycles. The highest BCUT2D eigenvalue weighted by Crippen LogP contribution is 2.30. The third-order valence-corrected chi connectivity index (χ3v) is 3.81. The molecule has 23 heavy (non-hydrogen) atoms. The molecule has 0 spiro atoms. The number of fused-ring (bicyclic) bond motifs is 1. The van der Waals surface area contributed by atoms with Crippen LogP contribution in [-0.2, 0) is 0 Å². The van der Waals surface area contributed by atoms with Gasteiger partial charge in [-0.15, -0.1) is 0 Å². The van der Waals surface area contributed by atoms with Crippen molar-refractivity contribution in [1.29, 1.82) is 0 Å². The molecule has 1 heterocycles. The van der Waals surface area contributed by atoms with E-state index < -0.39 is 11.5 Å². The lowest BCUT2D eigenvalue weighted by Crippen LogP contribution is -2.31. The Balaban J connectivity index is 2.53. The van der Waals surface area contributed by atoms with Crippen molar-refractivity contribution in [3.8, 4) is 11.4 Å². The predicted molar refractivity (Wildman–Crippen MR) is 89.6 cm³/mol. The van der Waals surface area contributed by atoms with E-state index in [1.165, 1.54) is 11.6 Å². The normalized spacial score (nSPS) is 10.7. The molecule has 0 bridgehead atoms. The number of benzene rings is 2. The second-order valence-corrected chi connectivity index (χ2v) is 5.38. The Bertz CT molecular complexity index is 965. The molecule has 6 heteroatoms. The van der Waals surface area contributed by atoms with Crippen molar-refractivity contribution in [3.63, 3.8) is 0 Å². The summed E-state index contributed by atoms with van der Waals surface area (Å²) in [5.41, 5.74) is 0.0998. The number of hydrogen-bond donors (Lipinski definition) is 2. The van der Waals surface area contributed by atoms with Crippen molar-refractivity contribution in [3.05, 3.63) is 69.5 Å². The molecule has 1 amide bonds. The molecule has 0 saturated carbocycles. The van der Waals surface area contributed by atoms with Crippen LogP contribution in [0.1, 0.15) is 10.4 Å². The molecular formula is C17H13ClN2O3. The van der Waals surface area contributed by atoms with Crippen LogP contribution in [0, 0.1) is 0 Å². The van der Waals surface area contributed by atoms with E-state index in [0.717, 1.165) is 0 Å². The molecular weight excluding hydrogens is 316 g/mol. The molecule has 0 aliphatic rings. The smallest absolute Gasteiger partial charge is 0.272 e. The van der Waals surface area contributed by atoms with Crippen molar-refractivity contribution >= 4 is 28.4 Å². The summed E-state index contributed by atoms with van der Waals surface area (Å²) in [5.74, 6) is -0.998. The zero-order valence-corrected chi connectivity index (χ0v) is 13.0. The minimum atomic E-state index is -0.644. The Morgan fingerprint density at radius 3 is 2.52 bits per heavy atom. The molecule has 3 rings (SSSR count). The minimum Gasteiger partial charge on any atom is -0.506 e. The van der Waals surface area contributed by atoms with Crippen LogP contribution in [0.2, 0.25) is 5.02 Å². The fourth-order valence-corrected chi connectivity index (χ4v) is 2.68. The van der Waals surface area contributed by atoms with Gasteiger partial charge < -0.3 is 10.4 Å². The standard InChI is InChI=1S/C17H13ClN2O3/c1-19-16(22)14-15(21)12-8-7-10(18)9-13(12)20(17(14)23)11-5-3-2-4-6-11/h2-9,21H,1H3,(H,19,22). The molecule has 0 unspecified atom stereocenters. The van der Waals surface area contributed by atoms with E-state index in [-0.39, 0.29) is 11.3 Å². The molecule has 3 aromatic rings. The molecule has 2 aromatic carbocycles. The second-order valence-electron chi connectivity index (χ2n) is 4.94. The second kappa shape index (κ2) is 5.78. The van der Waals surface area contributed by atoms with Gasteiger partial charge in [-0.25, -0.2) is 0 Å². The van der Waals surface area contributed by atoms with E-state index in [1.807, 2.05) is 6.07 Å². The fraction of sp³-hybridized carbons (Fsp3) is 0.0588. The molecule has 1 aromatic heterocycles. The topological polar surface area (TPSA) is 71.3 Å². The maximum atomic E-state index is 12.8. The summed E-state index contributed by atoms with van der Waals surface area (Å²) in [7, 11) is 1.40. The van der Waals surface area contributed by atoms with E-state index >= 15 is 0 Å². The molecule has 0 aliphatic heterocycles. The Labute approximate surface area is 136 Å². The summed E-state index contributed by atoms with van der Waals surface area (Å²) in [6, 6.07) is 13.6. The SMILES string of the molecule is CNC(=O)c1c(O)c2ccc(Cl)cc2n(-c2ccccc2)c1=O. The summed E-state index contributed by atoms with van der Waals surface area (Å²) in [5, 5.41) is 13.6. The van der Waals surface area contributed by atoms with E-state index in [4.69, 9.17) is 11.6 Å². The van der Waals surface area contributed by atoms with Gasteiger partial charge in [0, 0.05) is 23.1 Å². The predicted octanol–water partition coefficient (Wildman–Crippen LogP) is 2.71. The van der Waals surface area contributed by atoms with Crippen molar-refractivity contribution < 1.29 is 9.90 Å². The first kappa shape index (κ1) is 15.1. The number of carbonyl (C=O) groups is 1. The summed E-state index contributed by atoms with van der Waals surface area (Å²) >= 11 is 6.04. The maximum absolute atomic E-state index is 12.8. The number of nitrogens with zero attached hydrogens (tertiary/aromatic N) is 1. The van der Waals surface area contributed by atoms with Gasteiger partial charge >= 0.3 is 0 Å². The maximum Gasteiger partial charge on any atom is 0.272 e. The summed E-state index contributed by atoms with van der Waals surface area (Å²) in [6.07, 6.45) is 0. The largest absolute Gasteiger partial charge is 0.506 e. The Kier molecular flexibility index (Phi) is 3.80. The van der Waals surface area contributed by atoms with Gasteiger partial charge in [-0.3, -0.25) is 14.2 Å². The van der Waals surface area contributed by atoms with Crippen LogP contribution in [0.4, 0.5) is 0 Å². The van der Waals surface area contributed by atoms with E-state index in [0.29, 0.717) is 21.6 Å². The monoisotopic (exact) mass is 328 g/mol. The Hall–Kier alpha value is -2.79. The highest BCUT2D eigenvalue weighted by Gasteiger charge is 2.22. The van der Waals surface area contributed by atoms with Crippen LogP contribution >= 0.6 is 11.6 Å². The summed E-state index contributed by atoms with van der Waals surface area (Å²) in [6.45, 7) is 0. The number of carbonyl (C=O) groups excluding carboxylic acids is 1. The fourth-order valence-electron chi connectivity index (χ4n) is 2.51. The average molecular weight is 329 g/mol. The van der Waals surface area contributed by atoms with Crippen LogP contribution in [0.15, 0.2) is 53.3 Å².